The van der Waals surface area contributed by atoms with Crippen LogP contribution in [-0.4, -0.2) is 42.8 Å². The van der Waals surface area contributed by atoms with Gasteiger partial charge in [0.05, 0.1) is 4.90 Å². The Hall–Kier alpha value is -1.67. The monoisotopic (exact) mass is 413 g/mol. The molecule has 1 aromatic heterocycles. The molecular weight excluding hydrogens is 378 g/mol. The van der Waals surface area contributed by atoms with Crippen LogP contribution in [0.1, 0.15) is 59.8 Å². The molecular formula is C20H35N3O4S. The maximum Gasteiger partial charge on any atom is 0.251 e. The number of carbonyl (C=O) groups excluding carboxylic acids is 1. The van der Waals surface area contributed by atoms with E-state index in [1.807, 2.05) is 0 Å². The third kappa shape index (κ3) is 7.75. The summed E-state index contributed by atoms with van der Waals surface area (Å²) in [6.07, 6.45) is 6.79. The van der Waals surface area contributed by atoms with Crippen molar-refractivity contribution < 1.29 is 13.2 Å². The average molecular weight is 414 g/mol. The SMILES string of the molecule is CCN(CC)S(=O)(=O)c1ccc(=O)n(CC(=O)NCCCCCCC(C)C)c1. The van der Waals surface area contributed by atoms with Gasteiger partial charge in [0.1, 0.15) is 6.54 Å². The van der Waals surface area contributed by atoms with Crippen LogP contribution in [-0.2, 0) is 21.4 Å². The van der Waals surface area contributed by atoms with E-state index in [2.05, 4.69) is 19.2 Å². The summed E-state index contributed by atoms with van der Waals surface area (Å²) in [6.45, 7) is 9.00. The van der Waals surface area contributed by atoms with Crippen LogP contribution in [0.25, 0.3) is 0 Å². The number of hydrogen-bond acceptors (Lipinski definition) is 4. The second kappa shape index (κ2) is 12.0. The minimum Gasteiger partial charge on any atom is -0.355 e. The van der Waals surface area contributed by atoms with Crippen molar-refractivity contribution in [2.24, 2.45) is 5.92 Å². The van der Waals surface area contributed by atoms with Crippen molar-refractivity contribution in [1.82, 2.24) is 14.2 Å². The molecule has 0 saturated carbocycles. The Morgan fingerprint density at radius 1 is 1.11 bits per heavy atom. The fourth-order valence-corrected chi connectivity index (χ4v) is 4.45. The van der Waals surface area contributed by atoms with E-state index in [0.29, 0.717) is 19.6 Å². The molecule has 0 radical (unpaired) electrons. The Kier molecular flexibility index (Phi) is 10.5. The predicted molar refractivity (Wildman–Crippen MR) is 112 cm³/mol. The Bertz CT molecular complexity index is 768. The molecule has 0 aliphatic rings. The first-order valence-corrected chi connectivity index (χ1v) is 11.6. The van der Waals surface area contributed by atoms with E-state index < -0.39 is 15.6 Å². The minimum absolute atomic E-state index is 0.0220. The van der Waals surface area contributed by atoms with Gasteiger partial charge < -0.3 is 9.88 Å². The summed E-state index contributed by atoms with van der Waals surface area (Å²) >= 11 is 0. The molecule has 0 aromatic carbocycles. The van der Waals surface area contributed by atoms with Crippen molar-refractivity contribution in [3.63, 3.8) is 0 Å². The highest BCUT2D eigenvalue weighted by Crippen LogP contribution is 2.13. The van der Waals surface area contributed by atoms with Crippen LogP contribution in [0.3, 0.4) is 0 Å². The molecule has 0 bridgehead atoms. The zero-order valence-corrected chi connectivity index (χ0v) is 18.4. The van der Waals surface area contributed by atoms with Crippen molar-refractivity contribution in [2.45, 2.75) is 71.2 Å². The lowest BCUT2D eigenvalue weighted by molar-refractivity contribution is -0.121. The fraction of sp³-hybridized carbons (Fsp3) is 0.700. The molecule has 0 atom stereocenters. The van der Waals surface area contributed by atoms with Gasteiger partial charge in [-0.15, -0.1) is 0 Å². The first-order valence-electron chi connectivity index (χ1n) is 10.2. The lowest BCUT2D eigenvalue weighted by Gasteiger charge is -2.19. The number of aromatic nitrogens is 1. The molecule has 0 spiro atoms. The molecule has 1 N–H and O–H groups in total. The Balaban J connectivity index is 2.60. The quantitative estimate of drug-likeness (QED) is 0.504. The summed E-state index contributed by atoms with van der Waals surface area (Å²) in [5.74, 6) is 0.431. The van der Waals surface area contributed by atoms with Crippen molar-refractivity contribution in [3.8, 4) is 0 Å². The van der Waals surface area contributed by atoms with Crippen molar-refractivity contribution >= 4 is 15.9 Å². The first-order chi connectivity index (χ1) is 13.2. The highest BCUT2D eigenvalue weighted by atomic mass is 32.2. The Morgan fingerprint density at radius 3 is 2.36 bits per heavy atom. The highest BCUT2D eigenvalue weighted by molar-refractivity contribution is 7.89. The third-order valence-corrected chi connectivity index (χ3v) is 6.68. The number of amides is 1. The van der Waals surface area contributed by atoms with Crippen molar-refractivity contribution in [1.29, 1.82) is 0 Å². The van der Waals surface area contributed by atoms with Crippen LogP contribution in [0, 0.1) is 5.92 Å². The number of sulfonamides is 1. The second-order valence-corrected chi connectivity index (χ2v) is 9.30. The lowest BCUT2D eigenvalue weighted by Crippen LogP contribution is -2.34. The molecule has 160 valence electrons. The summed E-state index contributed by atoms with van der Waals surface area (Å²) in [5, 5.41) is 2.80. The molecule has 8 heteroatoms. The normalized spacial score (nSPS) is 11.9. The minimum atomic E-state index is -3.67. The van der Waals surface area contributed by atoms with E-state index in [1.165, 1.54) is 35.5 Å². The van der Waals surface area contributed by atoms with E-state index in [9.17, 15) is 18.0 Å². The molecule has 1 amide bonds. The maximum absolute atomic E-state index is 12.6. The van der Waals surface area contributed by atoms with Crippen LogP contribution >= 0.6 is 0 Å². The van der Waals surface area contributed by atoms with Crippen LogP contribution in [0.15, 0.2) is 28.0 Å². The van der Waals surface area contributed by atoms with E-state index >= 15 is 0 Å². The molecule has 0 fully saturated rings. The number of unbranched alkanes of at least 4 members (excludes halogenated alkanes) is 3. The molecule has 1 aromatic rings. The standard InChI is InChI=1S/C20H35N3O4S/c1-5-23(6-2)28(26,27)18-12-13-20(25)22(15-18)16-19(24)21-14-10-8-7-9-11-17(3)4/h12-13,15,17H,5-11,14,16H2,1-4H3,(H,21,24). The van der Waals surface area contributed by atoms with Gasteiger partial charge in [0.15, 0.2) is 0 Å². The van der Waals surface area contributed by atoms with Crippen molar-refractivity contribution in [2.75, 3.05) is 19.6 Å². The summed E-state index contributed by atoms with van der Waals surface area (Å²) < 4.78 is 27.6. The largest absolute Gasteiger partial charge is 0.355 e. The van der Waals surface area contributed by atoms with Gasteiger partial charge in [0.25, 0.3) is 5.56 Å². The Labute approximate surface area is 169 Å². The summed E-state index contributed by atoms with van der Waals surface area (Å²) in [7, 11) is -3.67. The summed E-state index contributed by atoms with van der Waals surface area (Å²) in [4.78, 5) is 24.2. The van der Waals surface area contributed by atoms with Gasteiger partial charge in [-0.3, -0.25) is 9.59 Å². The first kappa shape index (κ1) is 24.4. The van der Waals surface area contributed by atoms with E-state index in [-0.39, 0.29) is 17.3 Å². The number of hydrogen-bond donors (Lipinski definition) is 1. The molecule has 1 rings (SSSR count). The number of nitrogens with zero attached hydrogens (tertiary/aromatic N) is 2. The molecule has 0 aliphatic carbocycles. The predicted octanol–water partition coefficient (Wildman–Crippen LogP) is 2.60. The molecule has 1 heterocycles. The molecule has 7 nitrogen and oxygen atoms in total. The number of rotatable bonds is 13. The van der Waals surface area contributed by atoms with Crippen molar-refractivity contribution in [3.05, 3.63) is 28.7 Å². The molecule has 28 heavy (non-hydrogen) atoms. The van der Waals surface area contributed by atoms with Gasteiger partial charge >= 0.3 is 0 Å². The fourth-order valence-electron chi connectivity index (χ4n) is 2.97. The van der Waals surface area contributed by atoms with Gasteiger partial charge in [-0.2, -0.15) is 4.31 Å². The topological polar surface area (TPSA) is 88.5 Å². The molecule has 0 unspecified atom stereocenters. The molecule has 0 aliphatic heterocycles. The van der Waals surface area contributed by atoms with Gasteiger partial charge in [-0.25, -0.2) is 8.42 Å². The highest BCUT2D eigenvalue weighted by Gasteiger charge is 2.22. The maximum atomic E-state index is 12.6. The van der Waals surface area contributed by atoms with Crippen LogP contribution < -0.4 is 10.9 Å². The number of nitrogens with one attached hydrogen (secondary N) is 1. The van der Waals surface area contributed by atoms with E-state index in [0.717, 1.165) is 29.7 Å². The van der Waals surface area contributed by atoms with Gasteiger partial charge in [0.2, 0.25) is 15.9 Å². The van der Waals surface area contributed by atoms with E-state index in [4.69, 9.17) is 0 Å². The third-order valence-electron chi connectivity index (χ3n) is 4.64. The van der Waals surface area contributed by atoms with E-state index in [1.54, 1.807) is 13.8 Å². The van der Waals surface area contributed by atoms with Crippen LogP contribution in [0.4, 0.5) is 0 Å². The summed E-state index contributed by atoms with van der Waals surface area (Å²) in [6, 6.07) is 2.49. The van der Waals surface area contributed by atoms with Crippen LogP contribution in [0.2, 0.25) is 0 Å². The lowest BCUT2D eigenvalue weighted by atomic mass is 10.0. The number of pyridine rings is 1. The summed E-state index contributed by atoms with van der Waals surface area (Å²) in [5.41, 5.74) is -0.401. The average Bonchev–Trinajstić information content (AvgIpc) is 2.63. The zero-order valence-electron chi connectivity index (χ0n) is 17.6. The second-order valence-electron chi connectivity index (χ2n) is 7.37. The Morgan fingerprint density at radius 2 is 1.75 bits per heavy atom. The van der Waals surface area contributed by atoms with Gasteiger partial charge in [-0.05, 0) is 18.4 Å². The molecule has 0 saturated heterocycles. The van der Waals surface area contributed by atoms with Gasteiger partial charge in [0, 0.05) is 31.9 Å². The zero-order chi connectivity index (χ0) is 21.2. The number of carbonyl (C=O) groups is 1. The van der Waals surface area contributed by atoms with Crippen LogP contribution in [0.5, 0.6) is 0 Å². The van der Waals surface area contributed by atoms with Gasteiger partial charge in [-0.1, -0.05) is 53.4 Å². The smallest absolute Gasteiger partial charge is 0.251 e.